The summed E-state index contributed by atoms with van der Waals surface area (Å²) in [4.78, 5) is 0. The highest BCUT2D eigenvalue weighted by atomic mass is 14.5. The van der Waals surface area contributed by atoms with E-state index in [9.17, 15) is 0 Å². The van der Waals surface area contributed by atoms with E-state index in [0.29, 0.717) is 0 Å². The fourth-order valence-corrected chi connectivity index (χ4v) is 1.20. The molecule has 0 unspecified atom stereocenters. The first-order valence-corrected chi connectivity index (χ1v) is 4.05. The molecule has 3 heteroatoms. The molecule has 0 aromatic rings. The molecule has 0 fully saturated rings. The Balaban J connectivity index is 3.18. The fraction of sp³-hybridized carbons (Fsp3) is 1.00. The number of hydrogen-bond acceptors (Lipinski definition) is 1. The Labute approximate surface area is 60.2 Å². The zero-order valence-corrected chi connectivity index (χ0v) is 6.69. The minimum absolute atomic E-state index is 0.792. The topological polar surface area (TPSA) is 26.0 Å². The van der Waals surface area contributed by atoms with Gasteiger partial charge in [0.25, 0.3) is 0 Å². The minimum atomic E-state index is 0.792. The zero-order chi connectivity index (χ0) is 7.11. The molecule has 0 radical (unpaired) electrons. The van der Waals surface area contributed by atoms with E-state index in [1.54, 1.807) is 0 Å². The van der Waals surface area contributed by atoms with Crippen molar-refractivity contribution in [1.29, 1.82) is 0 Å². The molecule has 0 saturated heterocycles. The van der Waals surface area contributed by atoms with Gasteiger partial charge in [0, 0.05) is 0 Å². The van der Waals surface area contributed by atoms with E-state index >= 15 is 0 Å². The Bertz CT molecular complexity index is 53.0. The van der Waals surface area contributed by atoms with Gasteiger partial charge in [0.15, 0.2) is 0 Å². The molecule has 0 atom stereocenters. The molecule has 0 heterocycles. The van der Waals surface area contributed by atoms with Crippen LogP contribution in [0.2, 0.25) is 12.6 Å². The Morgan fingerprint density at radius 3 is 1.78 bits per heavy atom. The van der Waals surface area contributed by atoms with Crippen molar-refractivity contribution < 1.29 is 0 Å². The maximum absolute atomic E-state index is 5.54. The predicted molar refractivity (Wildman–Crippen MR) is 48.5 cm³/mol. The largest absolute Gasteiger partial charge is 0.330 e. The van der Waals surface area contributed by atoms with Crippen LogP contribution in [0.1, 0.15) is 12.8 Å². The van der Waals surface area contributed by atoms with Gasteiger partial charge in [-0.1, -0.05) is 25.5 Å². The van der Waals surface area contributed by atoms with Crippen LogP contribution in [0.4, 0.5) is 0 Å². The monoisotopic (exact) mass is 125 g/mol. The van der Waals surface area contributed by atoms with Crippen LogP contribution in [-0.2, 0) is 0 Å². The number of hydrogen-bond donors (Lipinski definition) is 1. The lowest BCUT2D eigenvalue weighted by atomic mass is 9.86. The lowest BCUT2D eigenvalue weighted by Crippen LogP contribution is -2.13. The van der Waals surface area contributed by atoms with Crippen molar-refractivity contribution in [3.05, 3.63) is 0 Å². The van der Waals surface area contributed by atoms with E-state index in [4.69, 9.17) is 5.73 Å². The Kier molecular flexibility index (Phi) is 6.28. The second-order valence-corrected chi connectivity index (χ2v) is 2.68. The van der Waals surface area contributed by atoms with Crippen molar-refractivity contribution >= 4 is 15.7 Å². The first kappa shape index (κ1) is 9.09. The maximum atomic E-state index is 5.54. The second kappa shape index (κ2) is 6.21. The molecular formula is C6H17B2N. The Hall–Kier alpha value is 0.0899. The van der Waals surface area contributed by atoms with Gasteiger partial charge in [-0.15, -0.1) is 0 Å². The van der Waals surface area contributed by atoms with Gasteiger partial charge < -0.3 is 5.73 Å². The molecule has 52 valence electrons. The molecule has 0 aliphatic rings. The van der Waals surface area contributed by atoms with Crippen molar-refractivity contribution in [2.75, 3.05) is 6.54 Å². The van der Waals surface area contributed by atoms with E-state index in [-0.39, 0.29) is 0 Å². The molecule has 0 aliphatic carbocycles. The third kappa shape index (κ3) is 4.58. The van der Waals surface area contributed by atoms with Crippen molar-refractivity contribution in [3.8, 4) is 0 Å². The van der Waals surface area contributed by atoms with Crippen molar-refractivity contribution in [2.45, 2.75) is 25.5 Å². The molecule has 2 N–H and O–H groups in total. The average Bonchev–Trinajstić information content (AvgIpc) is 1.88. The summed E-state index contributed by atoms with van der Waals surface area (Å²) in [6, 6.07) is 0. The van der Waals surface area contributed by atoms with Gasteiger partial charge in [0.2, 0.25) is 0 Å². The first-order valence-electron chi connectivity index (χ1n) is 4.05. The van der Waals surface area contributed by atoms with Crippen molar-refractivity contribution in [2.24, 2.45) is 11.7 Å². The highest BCUT2D eigenvalue weighted by Crippen LogP contribution is 2.09. The van der Waals surface area contributed by atoms with Crippen LogP contribution in [0.3, 0.4) is 0 Å². The van der Waals surface area contributed by atoms with Gasteiger partial charge in [0.05, 0.1) is 0 Å². The quantitative estimate of drug-likeness (QED) is 0.489. The molecule has 0 aliphatic heterocycles. The summed E-state index contributed by atoms with van der Waals surface area (Å²) in [6.07, 6.45) is 5.18. The van der Waals surface area contributed by atoms with E-state index in [2.05, 4.69) is 15.7 Å². The SMILES string of the molecule is BCCC(CN)CCB. The lowest BCUT2D eigenvalue weighted by Gasteiger charge is -2.10. The molecular weight excluding hydrogens is 108 g/mol. The normalized spacial score (nSPS) is 10.4. The fourth-order valence-electron chi connectivity index (χ4n) is 1.20. The van der Waals surface area contributed by atoms with Crippen LogP contribution in [0.15, 0.2) is 0 Å². The third-order valence-corrected chi connectivity index (χ3v) is 1.73. The van der Waals surface area contributed by atoms with E-state index in [1.165, 1.54) is 25.5 Å². The third-order valence-electron chi connectivity index (χ3n) is 1.73. The summed E-state index contributed by atoms with van der Waals surface area (Å²) in [5.74, 6) is 0.792. The molecule has 0 amide bonds. The highest BCUT2D eigenvalue weighted by Gasteiger charge is 2.01. The standard InChI is InChI=1S/C6H17B2N/c7-3-1-6(5-9)2-4-8/h6H,1-5,7-9H2. The number of nitrogens with two attached hydrogens (primary N) is 1. The van der Waals surface area contributed by atoms with Crippen LogP contribution < -0.4 is 5.73 Å². The predicted octanol–water partition coefficient (Wildman–Crippen LogP) is -0.556. The van der Waals surface area contributed by atoms with Gasteiger partial charge in [-0.3, -0.25) is 0 Å². The van der Waals surface area contributed by atoms with E-state index < -0.39 is 0 Å². The summed E-state index contributed by atoms with van der Waals surface area (Å²) in [5.41, 5.74) is 5.54. The Morgan fingerprint density at radius 2 is 1.56 bits per heavy atom. The van der Waals surface area contributed by atoms with Gasteiger partial charge in [-0.25, -0.2) is 0 Å². The number of rotatable bonds is 5. The first-order chi connectivity index (χ1) is 4.35. The van der Waals surface area contributed by atoms with Crippen LogP contribution >= 0.6 is 0 Å². The van der Waals surface area contributed by atoms with Crippen LogP contribution in [0, 0.1) is 5.92 Å². The lowest BCUT2D eigenvalue weighted by molar-refractivity contribution is 0.505. The minimum Gasteiger partial charge on any atom is -0.330 e. The van der Waals surface area contributed by atoms with Gasteiger partial charge in [-0.2, -0.15) is 0 Å². The highest BCUT2D eigenvalue weighted by molar-refractivity contribution is 6.08. The average molecular weight is 125 g/mol. The smallest absolute Gasteiger partial charge is 0.101 e. The van der Waals surface area contributed by atoms with Crippen molar-refractivity contribution in [3.63, 3.8) is 0 Å². The van der Waals surface area contributed by atoms with E-state index in [0.717, 1.165) is 12.5 Å². The molecule has 1 nitrogen and oxygen atoms in total. The molecule has 0 aromatic carbocycles. The summed E-state index contributed by atoms with van der Waals surface area (Å²) in [5, 5.41) is 0. The van der Waals surface area contributed by atoms with Crippen LogP contribution in [0.25, 0.3) is 0 Å². The molecule has 9 heavy (non-hydrogen) atoms. The molecule has 0 bridgehead atoms. The summed E-state index contributed by atoms with van der Waals surface area (Å²) < 4.78 is 0. The molecule has 0 rings (SSSR count). The Morgan fingerprint density at radius 1 is 1.11 bits per heavy atom. The summed E-state index contributed by atoms with van der Waals surface area (Å²) >= 11 is 0. The zero-order valence-electron chi connectivity index (χ0n) is 6.69. The molecule has 0 aromatic heterocycles. The van der Waals surface area contributed by atoms with Gasteiger partial charge >= 0.3 is 0 Å². The van der Waals surface area contributed by atoms with Gasteiger partial charge in [-0.05, 0) is 12.5 Å². The molecule has 0 spiro atoms. The summed E-state index contributed by atoms with van der Waals surface area (Å²) in [7, 11) is 4.44. The van der Waals surface area contributed by atoms with Gasteiger partial charge in [0.1, 0.15) is 15.7 Å². The maximum Gasteiger partial charge on any atom is 0.101 e. The second-order valence-electron chi connectivity index (χ2n) is 2.68. The van der Waals surface area contributed by atoms with Crippen molar-refractivity contribution in [1.82, 2.24) is 0 Å². The molecule has 0 saturated carbocycles. The van der Waals surface area contributed by atoms with Crippen LogP contribution in [0.5, 0.6) is 0 Å². The summed E-state index contributed by atoms with van der Waals surface area (Å²) in [6.45, 7) is 0.877. The van der Waals surface area contributed by atoms with E-state index in [1.807, 2.05) is 0 Å². The van der Waals surface area contributed by atoms with Crippen LogP contribution in [-0.4, -0.2) is 22.2 Å².